The lowest BCUT2D eigenvalue weighted by molar-refractivity contribution is -0.113. The molecule has 0 radical (unpaired) electrons. The number of hydrogen-bond donors (Lipinski definition) is 1. The van der Waals surface area contributed by atoms with Gasteiger partial charge < -0.3 is 5.32 Å². The minimum absolute atomic E-state index is 0.149. The Morgan fingerprint density at radius 3 is 2.55 bits per heavy atom. The van der Waals surface area contributed by atoms with Crippen LogP contribution in [0.2, 0.25) is 10.0 Å². The number of nitrogens with one attached hydrogen (secondary N) is 1. The van der Waals surface area contributed by atoms with E-state index in [1.165, 1.54) is 11.8 Å². The summed E-state index contributed by atoms with van der Waals surface area (Å²) in [5.41, 5.74) is 3.28. The Kier molecular flexibility index (Phi) is 6.56. The van der Waals surface area contributed by atoms with E-state index in [1.807, 2.05) is 41.8 Å². The molecule has 0 bridgehead atoms. The van der Waals surface area contributed by atoms with Gasteiger partial charge in [-0.15, -0.1) is 10.2 Å². The molecule has 4 rings (SSSR count). The number of pyridine rings is 1. The van der Waals surface area contributed by atoms with Gasteiger partial charge in [0.15, 0.2) is 11.0 Å². The van der Waals surface area contributed by atoms with Gasteiger partial charge in [-0.05, 0) is 67.1 Å². The number of amides is 1. The number of aromatic nitrogens is 4. The first-order valence-electron chi connectivity index (χ1n) is 9.32. The van der Waals surface area contributed by atoms with E-state index in [-0.39, 0.29) is 11.7 Å². The van der Waals surface area contributed by atoms with Gasteiger partial charge in [0.1, 0.15) is 0 Å². The highest BCUT2D eigenvalue weighted by molar-refractivity contribution is 7.99. The van der Waals surface area contributed by atoms with Gasteiger partial charge >= 0.3 is 0 Å². The first-order chi connectivity index (χ1) is 15.0. The molecular formula is C22H17Cl2N5OS. The summed E-state index contributed by atoms with van der Waals surface area (Å²) in [6.07, 6.45) is 3.42. The van der Waals surface area contributed by atoms with Crippen LogP contribution in [0.4, 0.5) is 5.69 Å². The van der Waals surface area contributed by atoms with Crippen molar-refractivity contribution in [3.8, 4) is 17.1 Å². The molecule has 0 saturated carbocycles. The largest absolute Gasteiger partial charge is 0.325 e. The molecule has 2 aromatic carbocycles. The Hall–Kier alpha value is -2.87. The molecule has 0 unspecified atom stereocenters. The predicted octanol–water partition coefficient (Wildman–Crippen LogP) is 5.68. The van der Waals surface area contributed by atoms with Crippen molar-refractivity contribution in [2.75, 3.05) is 11.1 Å². The minimum Gasteiger partial charge on any atom is -0.325 e. The normalized spacial score (nSPS) is 10.8. The Labute approximate surface area is 193 Å². The van der Waals surface area contributed by atoms with Crippen molar-refractivity contribution in [2.24, 2.45) is 0 Å². The zero-order valence-corrected chi connectivity index (χ0v) is 18.7. The van der Waals surface area contributed by atoms with Gasteiger partial charge in [0, 0.05) is 39.4 Å². The van der Waals surface area contributed by atoms with Gasteiger partial charge in [-0.2, -0.15) is 0 Å². The van der Waals surface area contributed by atoms with Crippen molar-refractivity contribution in [3.63, 3.8) is 0 Å². The highest BCUT2D eigenvalue weighted by Crippen LogP contribution is 2.28. The number of carbonyl (C=O) groups is 1. The maximum Gasteiger partial charge on any atom is 0.234 e. The molecule has 0 saturated heterocycles. The molecule has 0 aliphatic rings. The van der Waals surface area contributed by atoms with Crippen LogP contribution in [-0.4, -0.2) is 31.4 Å². The molecule has 9 heteroatoms. The number of hydrogen-bond acceptors (Lipinski definition) is 5. The number of rotatable bonds is 6. The van der Waals surface area contributed by atoms with E-state index in [4.69, 9.17) is 23.2 Å². The van der Waals surface area contributed by atoms with Crippen LogP contribution in [0.15, 0.2) is 72.1 Å². The van der Waals surface area contributed by atoms with E-state index in [9.17, 15) is 4.79 Å². The SMILES string of the molecule is Cc1cc(Cl)ccc1NC(=O)CSc1nnc(-c2cccnc2)n1-c1ccc(Cl)cc1. The third-order valence-electron chi connectivity index (χ3n) is 4.43. The smallest absolute Gasteiger partial charge is 0.234 e. The van der Waals surface area contributed by atoms with Crippen LogP contribution in [-0.2, 0) is 4.79 Å². The van der Waals surface area contributed by atoms with Crippen LogP contribution in [0.5, 0.6) is 0 Å². The zero-order chi connectivity index (χ0) is 21.8. The standard InChI is InChI=1S/C22H17Cl2N5OS/c1-14-11-17(24)6-9-19(14)26-20(30)13-31-22-28-27-21(15-3-2-10-25-12-15)29(22)18-7-4-16(23)5-8-18/h2-12H,13H2,1H3,(H,26,30). The van der Waals surface area contributed by atoms with Crippen molar-refractivity contribution < 1.29 is 4.79 Å². The number of anilines is 1. The van der Waals surface area contributed by atoms with Crippen molar-refractivity contribution in [2.45, 2.75) is 12.1 Å². The Morgan fingerprint density at radius 2 is 1.84 bits per heavy atom. The van der Waals surface area contributed by atoms with E-state index in [1.54, 1.807) is 36.7 Å². The lowest BCUT2D eigenvalue weighted by atomic mass is 10.2. The lowest BCUT2D eigenvalue weighted by Gasteiger charge is -2.11. The maximum atomic E-state index is 12.5. The van der Waals surface area contributed by atoms with Gasteiger partial charge in [0.25, 0.3) is 0 Å². The molecule has 0 fully saturated rings. The van der Waals surface area contributed by atoms with Gasteiger partial charge in [0.2, 0.25) is 5.91 Å². The van der Waals surface area contributed by atoms with Crippen LogP contribution in [0.25, 0.3) is 17.1 Å². The quantitative estimate of drug-likeness (QED) is 0.368. The Morgan fingerprint density at radius 1 is 1.06 bits per heavy atom. The summed E-state index contributed by atoms with van der Waals surface area (Å²) in [5, 5.41) is 13.4. The second kappa shape index (κ2) is 9.51. The number of halogens is 2. The molecule has 1 amide bonds. The van der Waals surface area contributed by atoms with E-state index < -0.39 is 0 Å². The van der Waals surface area contributed by atoms with E-state index >= 15 is 0 Å². The van der Waals surface area contributed by atoms with Crippen LogP contribution < -0.4 is 5.32 Å². The molecule has 6 nitrogen and oxygen atoms in total. The minimum atomic E-state index is -0.149. The predicted molar refractivity (Wildman–Crippen MR) is 125 cm³/mol. The third kappa shape index (κ3) is 5.07. The van der Waals surface area contributed by atoms with Crippen molar-refractivity contribution in [1.82, 2.24) is 19.7 Å². The van der Waals surface area contributed by atoms with Gasteiger partial charge in [0.05, 0.1) is 5.75 Å². The van der Waals surface area contributed by atoms with Crippen molar-refractivity contribution >= 4 is 46.6 Å². The highest BCUT2D eigenvalue weighted by Gasteiger charge is 2.17. The molecule has 1 N–H and O–H groups in total. The second-order valence-electron chi connectivity index (χ2n) is 6.66. The van der Waals surface area contributed by atoms with Gasteiger partial charge in [-0.3, -0.25) is 14.3 Å². The van der Waals surface area contributed by atoms with Crippen LogP contribution in [0.1, 0.15) is 5.56 Å². The second-order valence-corrected chi connectivity index (χ2v) is 8.47. The molecule has 0 atom stereocenters. The van der Waals surface area contributed by atoms with Crippen LogP contribution >= 0.6 is 35.0 Å². The summed E-state index contributed by atoms with van der Waals surface area (Å²) in [6, 6.07) is 16.5. The summed E-state index contributed by atoms with van der Waals surface area (Å²) in [5.74, 6) is 0.650. The van der Waals surface area contributed by atoms with Crippen molar-refractivity contribution in [3.05, 3.63) is 82.6 Å². The summed E-state index contributed by atoms with van der Waals surface area (Å²) in [6.45, 7) is 1.89. The first-order valence-corrected chi connectivity index (χ1v) is 11.1. The summed E-state index contributed by atoms with van der Waals surface area (Å²) in [4.78, 5) is 16.7. The maximum absolute atomic E-state index is 12.5. The average molecular weight is 470 g/mol. The van der Waals surface area contributed by atoms with Gasteiger partial charge in [-0.25, -0.2) is 0 Å². The monoisotopic (exact) mass is 469 g/mol. The van der Waals surface area contributed by atoms with E-state index in [0.717, 1.165) is 22.5 Å². The molecule has 2 aromatic heterocycles. The molecule has 0 aliphatic carbocycles. The fourth-order valence-corrected chi connectivity index (χ4v) is 4.06. The number of thioether (sulfide) groups is 1. The van der Waals surface area contributed by atoms with Crippen molar-refractivity contribution in [1.29, 1.82) is 0 Å². The number of aryl methyl sites for hydroxylation is 1. The van der Waals surface area contributed by atoms with Crippen LogP contribution in [0.3, 0.4) is 0 Å². The van der Waals surface area contributed by atoms with E-state index in [2.05, 4.69) is 20.5 Å². The number of carbonyl (C=O) groups excluding carboxylic acids is 1. The first kappa shape index (κ1) is 21.4. The zero-order valence-electron chi connectivity index (χ0n) is 16.4. The highest BCUT2D eigenvalue weighted by atomic mass is 35.5. The summed E-state index contributed by atoms with van der Waals surface area (Å²) in [7, 11) is 0. The Balaban J connectivity index is 1.58. The van der Waals surface area contributed by atoms with Crippen LogP contribution in [0, 0.1) is 6.92 Å². The Bertz CT molecular complexity index is 1210. The molecule has 31 heavy (non-hydrogen) atoms. The summed E-state index contributed by atoms with van der Waals surface area (Å²) >= 11 is 13.3. The fourth-order valence-electron chi connectivity index (χ4n) is 2.95. The number of nitrogens with zero attached hydrogens (tertiary/aromatic N) is 4. The molecule has 156 valence electrons. The molecular weight excluding hydrogens is 453 g/mol. The molecule has 0 spiro atoms. The molecule has 2 heterocycles. The fraction of sp³-hybridized carbons (Fsp3) is 0.0909. The number of benzene rings is 2. The third-order valence-corrected chi connectivity index (χ3v) is 5.85. The summed E-state index contributed by atoms with van der Waals surface area (Å²) < 4.78 is 1.89. The lowest BCUT2D eigenvalue weighted by Crippen LogP contribution is -2.15. The topological polar surface area (TPSA) is 72.7 Å². The molecule has 0 aliphatic heterocycles. The van der Waals surface area contributed by atoms with Gasteiger partial charge in [-0.1, -0.05) is 35.0 Å². The molecule has 4 aromatic rings. The average Bonchev–Trinajstić information content (AvgIpc) is 3.19. The van der Waals surface area contributed by atoms with E-state index in [0.29, 0.717) is 21.0 Å².